The predicted molar refractivity (Wildman–Crippen MR) is 119 cm³/mol. The Balaban J connectivity index is 0.00000256. The molecular weight excluding hydrogens is 460 g/mol. The lowest BCUT2D eigenvalue weighted by Crippen LogP contribution is -3.00. The molecule has 0 spiro atoms. The molecule has 0 radical (unpaired) electrons. The summed E-state index contributed by atoms with van der Waals surface area (Å²) in [5.41, 5.74) is 3.44. The van der Waals surface area contributed by atoms with Crippen LogP contribution in [-0.4, -0.2) is 21.1 Å². The number of carbonyl (C=O) groups is 1. The molecular formula is C24H20BrN2O2S-. The van der Waals surface area contributed by atoms with Gasteiger partial charge in [-0.25, -0.2) is 4.98 Å². The SMILES string of the molecule is CCn1c(SCC(=O)c2ccc(-c3ccccc3)cc2)nc2ccccc2c1=O.[Br-]. The van der Waals surface area contributed by atoms with Gasteiger partial charge in [0.25, 0.3) is 5.56 Å². The van der Waals surface area contributed by atoms with E-state index in [1.807, 2.05) is 79.7 Å². The van der Waals surface area contributed by atoms with E-state index < -0.39 is 0 Å². The average Bonchev–Trinajstić information content (AvgIpc) is 2.78. The van der Waals surface area contributed by atoms with Gasteiger partial charge < -0.3 is 17.0 Å². The van der Waals surface area contributed by atoms with Crippen molar-refractivity contribution >= 4 is 28.4 Å². The molecule has 0 aliphatic rings. The number of para-hydroxylation sites is 1. The molecule has 4 aromatic rings. The number of halogens is 1. The van der Waals surface area contributed by atoms with Crippen molar-refractivity contribution < 1.29 is 21.8 Å². The molecule has 0 bridgehead atoms. The van der Waals surface area contributed by atoms with Gasteiger partial charge in [0.05, 0.1) is 16.7 Å². The van der Waals surface area contributed by atoms with Gasteiger partial charge in [-0.3, -0.25) is 14.2 Å². The minimum Gasteiger partial charge on any atom is -1.00 e. The molecule has 0 unspecified atom stereocenters. The van der Waals surface area contributed by atoms with E-state index in [4.69, 9.17) is 0 Å². The topological polar surface area (TPSA) is 52.0 Å². The Kier molecular flexibility index (Phi) is 7.24. The molecule has 152 valence electrons. The van der Waals surface area contributed by atoms with Crippen LogP contribution in [0.1, 0.15) is 17.3 Å². The van der Waals surface area contributed by atoms with Gasteiger partial charge in [-0.15, -0.1) is 0 Å². The van der Waals surface area contributed by atoms with Crippen molar-refractivity contribution in [1.29, 1.82) is 0 Å². The van der Waals surface area contributed by atoms with Crippen molar-refractivity contribution in [2.24, 2.45) is 0 Å². The van der Waals surface area contributed by atoms with Crippen LogP contribution in [0.2, 0.25) is 0 Å². The number of carbonyl (C=O) groups excluding carboxylic acids is 1. The van der Waals surface area contributed by atoms with E-state index in [1.165, 1.54) is 11.8 Å². The molecule has 0 amide bonds. The lowest BCUT2D eigenvalue weighted by molar-refractivity contribution is -0.0000135. The van der Waals surface area contributed by atoms with Crippen LogP contribution in [0.4, 0.5) is 0 Å². The number of fused-ring (bicyclic) bond motifs is 1. The summed E-state index contributed by atoms with van der Waals surface area (Å²) in [5.74, 6) is 0.245. The highest BCUT2D eigenvalue weighted by molar-refractivity contribution is 7.99. The van der Waals surface area contributed by atoms with Crippen molar-refractivity contribution in [3.05, 3.63) is 94.8 Å². The van der Waals surface area contributed by atoms with E-state index in [9.17, 15) is 9.59 Å². The first-order valence-corrected chi connectivity index (χ1v) is 10.5. The Bertz CT molecular complexity index is 1220. The first-order chi connectivity index (χ1) is 14.2. The molecule has 0 saturated carbocycles. The minimum atomic E-state index is -0.0692. The van der Waals surface area contributed by atoms with Gasteiger partial charge in [-0.1, -0.05) is 78.5 Å². The molecule has 1 heterocycles. The molecule has 0 aliphatic carbocycles. The molecule has 0 atom stereocenters. The van der Waals surface area contributed by atoms with Crippen molar-refractivity contribution in [2.45, 2.75) is 18.6 Å². The van der Waals surface area contributed by atoms with Crippen LogP contribution in [0.25, 0.3) is 22.0 Å². The summed E-state index contributed by atoms with van der Waals surface area (Å²) in [4.78, 5) is 30.0. The van der Waals surface area contributed by atoms with E-state index in [1.54, 1.807) is 10.6 Å². The third-order valence-electron chi connectivity index (χ3n) is 4.79. The highest BCUT2D eigenvalue weighted by atomic mass is 79.9. The highest BCUT2D eigenvalue weighted by Crippen LogP contribution is 2.22. The van der Waals surface area contributed by atoms with Gasteiger partial charge in [0.1, 0.15) is 0 Å². The molecule has 4 rings (SSSR count). The van der Waals surface area contributed by atoms with Crippen LogP contribution in [0, 0.1) is 0 Å². The molecule has 6 heteroatoms. The quantitative estimate of drug-likeness (QED) is 0.241. The van der Waals surface area contributed by atoms with Gasteiger partial charge in [-0.05, 0) is 30.2 Å². The smallest absolute Gasteiger partial charge is 0.262 e. The number of Topliss-reactive ketones (excluding diaryl/α,β-unsaturated/α-hetero) is 1. The number of rotatable bonds is 6. The van der Waals surface area contributed by atoms with Crippen LogP contribution in [0.5, 0.6) is 0 Å². The Labute approximate surface area is 189 Å². The maximum absolute atomic E-state index is 12.7. The summed E-state index contributed by atoms with van der Waals surface area (Å²) < 4.78 is 1.62. The van der Waals surface area contributed by atoms with E-state index >= 15 is 0 Å². The molecule has 1 aromatic heterocycles. The molecule has 0 fully saturated rings. The highest BCUT2D eigenvalue weighted by Gasteiger charge is 2.13. The number of hydrogen-bond donors (Lipinski definition) is 0. The fourth-order valence-corrected chi connectivity index (χ4v) is 4.19. The molecule has 0 N–H and O–H groups in total. The maximum Gasteiger partial charge on any atom is 0.262 e. The summed E-state index contributed by atoms with van der Waals surface area (Å²) in [6.45, 7) is 2.42. The van der Waals surface area contributed by atoms with Crippen LogP contribution in [-0.2, 0) is 6.54 Å². The molecule has 0 aliphatic heterocycles. The zero-order chi connectivity index (χ0) is 20.2. The Morgan fingerprint density at radius 3 is 2.23 bits per heavy atom. The van der Waals surface area contributed by atoms with Gasteiger partial charge in [0, 0.05) is 12.1 Å². The van der Waals surface area contributed by atoms with E-state index in [-0.39, 0.29) is 34.1 Å². The number of ketones is 1. The third kappa shape index (κ3) is 4.55. The zero-order valence-electron chi connectivity index (χ0n) is 16.4. The summed E-state index contributed by atoms with van der Waals surface area (Å²) >= 11 is 1.31. The second-order valence-electron chi connectivity index (χ2n) is 6.62. The van der Waals surface area contributed by atoms with E-state index in [2.05, 4.69) is 4.98 Å². The summed E-state index contributed by atoms with van der Waals surface area (Å²) in [7, 11) is 0. The summed E-state index contributed by atoms with van der Waals surface area (Å²) in [5, 5.41) is 1.17. The second-order valence-corrected chi connectivity index (χ2v) is 7.56. The second kappa shape index (κ2) is 9.87. The maximum atomic E-state index is 12.7. The van der Waals surface area contributed by atoms with E-state index in [0.717, 1.165) is 11.1 Å². The number of thioether (sulfide) groups is 1. The number of benzene rings is 3. The lowest BCUT2D eigenvalue weighted by atomic mass is 10.0. The van der Waals surface area contributed by atoms with Crippen LogP contribution in [0.3, 0.4) is 0 Å². The molecule has 3 aromatic carbocycles. The van der Waals surface area contributed by atoms with Gasteiger partial charge in [-0.2, -0.15) is 0 Å². The fourth-order valence-electron chi connectivity index (χ4n) is 3.23. The van der Waals surface area contributed by atoms with Crippen LogP contribution >= 0.6 is 11.8 Å². The number of hydrogen-bond acceptors (Lipinski definition) is 4. The third-order valence-corrected chi connectivity index (χ3v) is 5.77. The molecule has 30 heavy (non-hydrogen) atoms. The predicted octanol–water partition coefficient (Wildman–Crippen LogP) is 2.06. The Morgan fingerprint density at radius 1 is 0.900 bits per heavy atom. The standard InChI is InChI=1S/C24H20N2O2S.BrH/c1-2-26-23(28)20-10-6-7-11-21(20)25-24(26)29-16-22(27)19-14-12-18(13-15-19)17-8-4-3-5-9-17;/h3-15H,2,16H2,1H3;1H/p-1. The summed E-state index contributed by atoms with van der Waals surface area (Å²) in [6.07, 6.45) is 0. The van der Waals surface area contributed by atoms with Crippen molar-refractivity contribution in [3.8, 4) is 11.1 Å². The average molecular weight is 480 g/mol. The van der Waals surface area contributed by atoms with Crippen molar-refractivity contribution in [3.63, 3.8) is 0 Å². The lowest BCUT2D eigenvalue weighted by Gasteiger charge is -2.11. The summed E-state index contributed by atoms with van der Waals surface area (Å²) in [6, 6.07) is 25.0. The first-order valence-electron chi connectivity index (χ1n) is 9.48. The van der Waals surface area contributed by atoms with Gasteiger partial charge in [0.2, 0.25) is 0 Å². The normalized spacial score (nSPS) is 10.6. The first kappa shape index (κ1) is 22.0. The fraction of sp³-hybridized carbons (Fsp3) is 0.125. The van der Waals surface area contributed by atoms with Gasteiger partial charge in [0.15, 0.2) is 10.9 Å². The van der Waals surface area contributed by atoms with E-state index in [0.29, 0.717) is 28.2 Å². The Hall–Kier alpha value is -2.70. The minimum absolute atomic E-state index is 0. The van der Waals surface area contributed by atoms with Crippen molar-refractivity contribution in [1.82, 2.24) is 9.55 Å². The zero-order valence-corrected chi connectivity index (χ0v) is 18.8. The molecule has 4 nitrogen and oxygen atoms in total. The monoisotopic (exact) mass is 479 g/mol. The number of nitrogens with zero attached hydrogens (tertiary/aromatic N) is 2. The van der Waals surface area contributed by atoms with Crippen LogP contribution < -0.4 is 22.5 Å². The molecule has 0 saturated heterocycles. The Morgan fingerprint density at radius 2 is 1.53 bits per heavy atom. The van der Waals surface area contributed by atoms with Crippen LogP contribution in [0.15, 0.2) is 88.8 Å². The largest absolute Gasteiger partial charge is 1.00 e. The van der Waals surface area contributed by atoms with Crippen molar-refractivity contribution in [2.75, 3.05) is 5.75 Å². The van der Waals surface area contributed by atoms with Gasteiger partial charge >= 0.3 is 0 Å². The number of aromatic nitrogens is 2.